The van der Waals surface area contributed by atoms with Crippen molar-refractivity contribution in [3.05, 3.63) is 123 Å². The Morgan fingerprint density at radius 2 is 1.06 bits per heavy atom. The van der Waals surface area contributed by atoms with Gasteiger partial charge < -0.3 is 4.74 Å². The maximum atomic E-state index is 15.2. The monoisotopic (exact) mass is 710 g/mol. The predicted octanol–water partition coefficient (Wildman–Crippen LogP) is 12.5. The highest BCUT2D eigenvalue weighted by atomic mass is 35.5. The molecule has 0 radical (unpaired) electrons. The lowest BCUT2D eigenvalue weighted by Crippen LogP contribution is -2.24. The molecule has 0 spiro atoms. The Hall–Kier alpha value is -4.13. The topological polar surface area (TPSA) is 9.23 Å². The molecule has 48 heavy (non-hydrogen) atoms. The van der Waals surface area contributed by atoms with Crippen molar-refractivity contribution in [2.24, 2.45) is 0 Å². The van der Waals surface area contributed by atoms with E-state index >= 15 is 13.2 Å². The van der Waals surface area contributed by atoms with E-state index in [0.29, 0.717) is 36.6 Å². The average Bonchev–Trinajstić information content (AvgIpc) is 2.92. The van der Waals surface area contributed by atoms with E-state index in [-0.39, 0.29) is 18.2 Å². The van der Waals surface area contributed by atoms with E-state index in [9.17, 15) is 39.5 Å². The zero-order valence-electron chi connectivity index (χ0n) is 24.6. The van der Waals surface area contributed by atoms with Gasteiger partial charge in [-0.25, -0.2) is 30.7 Å². The Morgan fingerprint density at radius 1 is 0.604 bits per heavy atom. The highest BCUT2D eigenvalue weighted by Gasteiger charge is 2.43. The summed E-state index contributed by atoms with van der Waals surface area (Å²) in [6.07, 6.45) is -2.87. The minimum absolute atomic E-state index is 0.209. The average molecular weight is 711 g/mol. The van der Waals surface area contributed by atoms with Crippen LogP contribution in [0.25, 0.3) is 22.3 Å². The van der Waals surface area contributed by atoms with Crippen molar-refractivity contribution in [2.75, 3.05) is 0 Å². The Morgan fingerprint density at radius 3 is 1.56 bits per heavy atom. The van der Waals surface area contributed by atoms with Crippen molar-refractivity contribution >= 4 is 11.6 Å². The van der Waals surface area contributed by atoms with Crippen LogP contribution in [-0.4, -0.2) is 0 Å². The van der Waals surface area contributed by atoms with Crippen molar-refractivity contribution in [1.82, 2.24) is 0 Å². The molecule has 256 valence electrons. The molecule has 4 aromatic carbocycles. The van der Waals surface area contributed by atoms with Crippen LogP contribution in [0.5, 0.6) is 5.75 Å². The van der Waals surface area contributed by atoms with Gasteiger partial charge in [-0.05, 0) is 72.4 Å². The summed E-state index contributed by atoms with van der Waals surface area (Å²) in [5.74, 6) is -13.2. The summed E-state index contributed by atoms with van der Waals surface area (Å²) in [4.78, 5) is 0. The van der Waals surface area contributed by atoms with Crippen molar-refractivity contribution in [3.63, 3.8) is 0 Å². The molecule has 14 heteroatoms. The van der Waals surface area contributed by atoms with Gasteiger partial charge in [-0.15, -0.1) is 0 Å². The molecule has 4 rings (SSSR count). The molecule has 0 atom stereocenters. The van der Waals surface area contributed by atoms with E-state index in [1.807, 2.05) is 19.1 Å². The summed E-state index contributed by atoms with van der Waals surface area (Å²) in [6, 6.07) is 3.40. The van der Waals surface area contributed by atoms with Gasteiger partial charge >= 0.3 is 12.3 Å². The molecule has 0 aliphatic carbocycles. The van der Waals surface area contributed by atoms with E-state index in [4.69, 9.17) is 11.6 Å². The molecule has 0 fully saturated rings. The maximum Gasteiger partial charge on any atom is 0.431 e. The third kappa shape index (κ3) is 8.11. The van der Waals surface area contributed by atoms with Crippen molar-refractivity contribution < 1.29 is 57.4 Å². The highest BCUT2D eigenvalue weighted by Crippen LogP contribution is 2.43. The summed E-state index contributed by atoms with van der Waals surface area (Å²) in [6.45, 7) is 2.04. The van der Waals surface area contributed by atoms with Gasteiger partial charge in [-0.1, -0.05) is 43.5 Å². The van der Waals surface area contributed by atoms with Crippen LogP contribution in [0, 0.1) is 40.7 Å². The fraction of sp³-hybridized carbons (Fsp3) is 0.235. The number of hydrogen-bond donors (Lipinski definition) is 0. The number of aryl methyl sites for hydroxylation is 1. The van der Waals surface area contributed by atoms with E-state index in [1.54, 1.807) is 0 Å². The van der Waals surface area contributed by atoms with Crippen LogP contribution in [0.3, 0.4) is 0 Å². The van der Waals surface area contributed by atoms with Gasteiger partial charge in [-0.3, -0.25) is 0 Å². The molecule has 0 heterocycles. The number of allylic oxidation sites excluding steroid dienone is 2. The smallest absolute Gasteiger partial charge is 0.429 e. The molecule has 0 N–H and O–H groups in total. The zero-order valence-corrected chi connectivity index (χ0v) is 25.4. The van der Waals surface area contributed by atoms with E-state index < -0.39 is 97.2 Å². The van der Waals surface area contributed by atoms with Crippen LogP contribution in [0.2, 0.25) is 5.02 Å². The number of hydrogen-bond acceptors (Lipinski definition) is 1. The Labute approximate surface area is 271 Å². The van der Waals surface area contributed by atoms with Gasteiger partial charge in [0, 0.05) is 12.1 Å². The van der Waals surface area contributed by atoms with E-state index in [1.165, 1.54) is 0 Å². The number of ether oxygens (including phenoxy) is 1. The predicted molar refractivity (Wildman–Crippen MR) is 155 cm³/mol. The molecular formula is C34H23ClF12O. The SMILES string of the molecule is CCCCC=CCCc1cc(F)c(-c2cc(F)c(-c3cc(F)c(C(F)(F)Oc4cc(F)c(C(F)(F)F)c(F)c4)c(Cl)c3)c(F)c2)c(F)c1. The number of rotatable bonds is 11. The fourth-order valence-electron chi connectivity index (χ4n) is 4.92. The summed E-state index contributed by atoms with van der Waals surface area (Å²) in [5.41, 5.74) is -6.95. The first kappa shape index (κ1) is 36.7. The largest absolute Gasteiger partial charge is 0.431 e. The first-order chi connectivity index (χ1) is 22.4. The van der Waals surface area contributed by atoms with Crippen molar-refractivity contribution in [2.45, 2.75) is 51.3 Å². The number of alkyl halides is 5. The molecule has 0 saturated carbocycles. The normalized spacial score (nSPS) is 12.3. The van der Waals surface area contributed by atoms with Crippen LogP contribution < -0.4 is 4.74 Å². The number of unbranched alkanes of at least 4 members (excludes halogenated alkanes) is 2. The van der Waals surface area contributed by atoms with Crippen LogP contribution in [0.15, 0.2) is 60.7 Å². The third-order valence-electron chi connectivity index (χ3n) is 7.09. The molecular weight excluding hydrogens is 688 g/mol. The molecule has 1 nitrogen and oxygen atoms in total. The van der Waals surface area contributed by atoms with Crippen LogP contribution in [-0.2, 0) is 18.7 Å². The molecule has 0 aliphatic heterocycles. The Bertz CT molecular complexity index is 1760. The van der Waals surface area contributed by atoms with Gasteiger partial charge in [0.05, 0.1) is 16.1 Å². The zero-order chi connectivity index (χ0) is 35.6. The van der Waals surface area contributed by atoms with Crippen molar-refractivity contribution in [3.8, 4) is 28.0 Å². The quantitative estimate of drug-likeness (QED) is 0.0855. The van der Waals surface area contributed by atoms with E-state index in [0.717, 1.165) is 31.4 Å². The molecule has 0 aliphatic rings. The van der Waals surface area contributed by atoms with Crippen LogP contribution >= 0.6 is 11.6 Å². The van der Waals surface area contributed by atoms with Gasteiger partial charge in [0.25, 0.3) is 0 Å². The minimum atomic E-state index is -5.51. The lowest BCUT2D eigenvalue weighted by molar-refractivity contribution is -0.187. The minimum Gasteiger partial charge on any atom is -0.429 e. The highest BCUT2D eigenvalue weighted by molar-refractivity contribution is 6.31. The number of halogens is 13. The van der Waals surface area contributed by atoms with Gasteiger partial charge in [0.2, 0.25) is 0 Å². The second-order valence-electron chi connectivity index (χ2n) is 10.6. The maximum absolute atomic E-state index is 15.2. The fourth-order valence-corrected chi connectivity index (χ4v) is 5.24. The molecule has 0 aromatic heterocycles. The standard InChI is InChI=1S/C34H23ClF12O/c1-2-3-4-5-6-7-8-17-9-22(36)30(23(37)10-17)19-12-24(38)29(25(39)13-19)18-11-21(35)31(26(40)14-18)34(46,47)48-20-15-27(41)32(28(42)16-20)33(43,44)45/h5-6,9-16H,2-4,7-8H2,1H3. The molecule has 0 bridgehead atoms. The Kier molecular flexibility index (Phi) is 11.1. The summed E-state index contributed by atoms with van der Waals surface area (Å²) >= 11 is 5.79. The summed E-state index contributed by atoms with van der Waals surface area (Å²) in [7, 11) is 0. The number of benzene rings is 4. The molecule has 0 saturated heterocycles. The molecule has 0 amide bonds. The third-order valence-corrected chi connectivity index (χ3v) is 7.39. The van der Waals surface area contributed by atoms with Crippen LogP contribution in [0.1, 0.15) is 49.3 Å². The summed E-state index contributed by atoms with van der Waals surface area (Å²) < 4.78 is 175. The van der Waals surface area contributed by atoms with Gasteiger partial charge in [0.1, 0.15) is 57.6 Å². The Balaban J connectivity index is 1.62. The molecule has 4 aromatic rings. The van der Waals surface area contributed by atoms with E-state index in [2.05, 4.69) is 4.74 Å². The van der Waals surface area contributed by atoms with Crippen LogP contribution in [0.4, 0.5) is 52.7 Å². The summed E-state index contributed by atoms with van der Waals surface area (Å²) in [5, 5.41) is -1.21. The van der Waals surface area contributed by atoms with Gasteiger partial charge in [0.15, 0.2) is 0 Å². The molecule has 0 unspecified atom stereocenters. The lowest BCUT2D eigenvalue weighted by Gasteiger charge is -2.21. The lowest BCUT2D eigenvalue weighted by atomic mass is 9.96. The van der Waals surface area contributed by atoms with Gasteiger partial charge in [-0.2, -0.15) is 22.0 Å². The first-order valence-electron chi connectivity index (χ1n) is 14.2. The second kappa shape index (κ2) is 14.6. The second-order valence-corrected chi connectivity index (χ2v) is 11.0. The first-order valence-corrected chi connectivity index (χ1v) is 14.6. The van der Waals surface area contributed by atoms with Crippen molar-refractivity contribution in [1.29, 1.82) is 0 Å².